The molecule has 6 rings (SSSR count). The van der Waals surface area contributed by atoms with Crippen molar-refractivity contribution in [3.8, 4) is 0 Å². The van der Waals surface area contributed by atoms with Gasteiger partial charge in [-0.1, -0.05) is 91.0 Å². The molecule has 200 valence electrons. The predicted octanol–water partition coefficient (Wildman–Crippen LogP) is 7.08. The molecule has 0 aromatic heterocycles. The van der Waals surface area contributed by atoms with Crippen molar-refractivity contribution in [3.63, 3.8) is 0 Å². The average Bonchev–Trinajstić information content (AvgIpc) is 3.39. The van der Waals surface area contributed by atoms with Crippen molar-refractivity contribution in [1.29, 1.82) is 0 Å². The fourth-order valence-corrected chi connectivity index (χ4v) is 6.24. The van der Waals surface area contributed by atoms with Crippen LogP contribution in [0.3, 0.4) is 0 Å². The molecule has 3 atom stereocenters. The lowest BCUT2D eigenvalue weighted by Crippen LogP contribution is -2.38. The molecule has 1 aliphatic heterocycles. The first-order chi connectivity index (χ1) is 19.6. The number of carbonyl (C=O) groups excluding carboxylic acids is 2. The first-order valence-electron chi connectivity index (χ1n) is 13.3. The summed E-state index contributed by atoms with van der Waals surface area (Å²) in [6.45, 7) is 0.511. The Labute approximate surface area is 237 Å². The van der Waals surface area contributed by atoms with Crippen LogP contribution < -0.4 is 0 Å². The van der Waals surface area contributed by atoms with Gasteiger partial charge in [0.25, 0.3) is 0 Å². The summed E-state index contributed by atoms with van der Waals surface area (Å²) in [4.78, 5) is 26.2. The zero-order chi connectivity index (χ0) is 27.3. The number of benzene rings is 5. The second-order valence-corrected chi connectivity index (χ2v) is 11.1. The van der Waals surface area contributed by atoms with Crippen LogP contribution in [0.4, 0.5) is 0 Å². The molecule has 0 aliphatic carbocycles. The van der Waals surface area contributed by atoms with Gasteiger partial charge in [-0.15, -0.1) is 11.8 Å². The highest BCUT2D eigenvalue weighted by Crippen LogP contribution is 2.33. The molecule has 0 unspecified atom stereocenters. The van der Waals surface area contributed by atoms with Gasteiger partial charge in [0.1, 0.15) is 18.8 Å². The van der Waals surface area contributed by atoms with Crippen molar-refractivity contribution in [3.05, 3.63) is 132 Å². The summed E-state index contributed by atoms with van der Waals surface area (Å²) < 4.78 is 18.1. The van der Waals surface area contributed by atoms with Gasteiger partial charge in [-0.05, 0) is 51.4 Å². The Balaban J connectivity index is 1.17. The van der Waals surface area contributed by atoms with Crippen molar-refractivity contribution < 1.29 is 23.8 Å². The van der Waals surface area contributed by atoms with Crippen molar-refractivity contribution in [2.24, 2.45) is 0 Å². The van der Waals surface area contributed by atoms with E-state index in [1.54, 1.807) is 23.9 Å². The van der Waals surface area contributed by atoms with Gasteiger partial charge in [0.15, 0.2) is 0 Å². The van der Waals surface area contributed by atoms with Gasteiger partial charge in [-0.25, -0.2) is 9.59 Å². The fraction of sp³-hybridized carbons (Fsp3) is 0.176. The van der Waals surface area contributed by atoms with Crippen LogP contribution in [-0.4, -0.2) is 41.8 Å². The van der Waals surface area contributed by atoms with Crippen molar-refractivity contribution in [2.75, 3.05) is 12.4 Å². The maximum atomic E-state index is 13.3. The third kappa shape index (κ3) is 5.88. The van der Waals surface area contributed by atoms with Crippen LogP contribution in [0.5, 0.6) is 0 Å². The Kier molecular flexibility index (Phi) is 7.80. The van der Waals surface area contributed by atoms with E-state index in [2.05, 4.69) is 0 Å². The van der Waals surface area contributed by atoms with Gasteiger partial charge < -0.3 is 14.2 Å². The highest BCUT2D eigenvalue weighted by Gasteiger charge is 2.41. The van der Waals surface area contributed by atoms with E-state index in [4.69, 9.17) is 14.2 Å². The third-order valence-corrected chi connectivity index (χ3v) is 8.46. The normalized spacial score (nSPS) is 18.6. The summed E-state index contributed by atoms with van der Waals surface area (Å²) in [7, 11) is 0. The van der Waals surface area contributed by atoms with E-state index in [0.717, 1.165) is 27.1 Å². The van der Waals surface area contributed by atoms with E-state index in [1.165, 1.54) is 0 Å². The van der Waals surface area contributed by atoms with Crippen molar-refractivity contribution in [1.82, 2.24) is 0 Å². The number of hydrogen-bond donors (Lipinski definition) is 0. The van der Waals surface area contributed by atoms with Crippen LogP contribution in [0.15, 0.2) is 115 Å². The molecule has 40 heavy (non-hydrogen) atoms. The Morgan fingerprint density at radius 2 is 1.25 bits per heavy atom. The lowest BCUT2D eigenvalue weighted by atomic mass is 10.1. The fourth-order valence-electron chi connectivity index (χ4n) is 4.93. The standard InChI is InChI=1S/C34H28O5S/c35-33(28-16-14-24-10-4-6-12-26(24)18-28)38-21-31-32(30(22-40-31)37-20-23-8-2-1-3-9-23)39-34(36)29-17-15-25-11-5-7-13-27(25)19-29/h1-19,30-32H,20-22H2/t30-,31+,32+/m0/s1. The number of esters is 2. The summed E-state index contributed by atoms with van der Waals surface area (Å²) in [5, 5.41) is 3.80. The number of fused-ring (bicyclic) bond motifs is 2. The number of ether oxygens (including phenoxy) is 3. The minimum absolute atomic E-state index is 0.108. The smallest absolute Gasteiger partial charge is 0.338 e. The molecule has 1 heterocycles. The molecule has 0 radical (unpaired) electrons. The molecule has 1 saturated heterocycles. The molecule has 0 spiro atoms. The topological polar surface area (TPSA) is 61.8 Å². The first kappa shape index (κ1) is 26.1. The number of hydrogen-bond acceptors (Lipinski definition) is 6. The summed E-state index contributed by atoms with van der Waals surface area (Å²) in [6.07, 6.45) is -0.906. The average molecular weight is 549 g/mol. The molecule has 5 nitrogen and oxygen atoms in total. The lowest BCUT2D eigenvalue weighted by Gasteiger charge is -2.24. The number of carbonyl (C=O) groups is 2. The second kappa shape index (κ2) is 11.9. The quantitative estimate of drug-likeness (QED) is 0.193. The van der Waals surface area contributed by atoms with E-state index in [0.29, 0.717) is 23.5 Å². The summed E-state index contributed by atoms with van der Waals surface area (Å²) >= 11 is 1.59. The summed E-state index contributed by atoms with van der Waals surface area (Å²) in [5.41, 5.74) is 2.01. The van der Waals surface area contributed by atoms with E-state index < -0.39 is 18.0 Å². The Hall–Kier alpha value is -4.13. The summed E-state index contributed by atoms with van der Waals surface area (Å²) in [6, 6.07) is 36.7. The zero-order valence-electron chi connectivity index (χ0n) is 21.8. The van der Waals surface area contributed by atoms with Gasteiger partial charge in [0.2, 0.25) is 0 Å². The van der Waals surface area contributed by atoms with E-state index in [-0.39, 0.29) is 18.0 Å². The molecular formula is C34H28O5S. The minimum atomic E-state index is -0.572. The van der Waals surface area contributed by atoms with Crippen LogP contribution in [0.2, 0.25) is 0 Å². The number of rotatable bonds is 8. The SMILES string of the molecule is O=C(OC[C@H]1SC[C@H](OCc2ccccc2)[C@H]1OC(=O)c1ccc2ccccc2c1)c1ccc2ccccc2c1. The monoisotopic (exact) mass is 548 g/mol. The van der Waals surface area contributed by atoms with Gasteiger partial charge in [-0.2, -0.15) is 0 Å². The van der Waals surface area contributed by atoms with Crippen molar-refractivity contribution >= 4 is 45.2 Å². The van der Waals surface area contributed by atoms with Crippen molar-refractivity contribution in [2.45, 2.75) is 24.1 Å². The molecular weight excluding hydrogens is 520 g/mol. The second-order valence-electron chi connectivity index (χ2n) is 9.80. The maximum Gasteiger partial charge on any atom is 0.338 e. The van der Waals surface area contributed by atoms with Gasteiger partial charge in [0.05, 0.1) is 23.0 Å². The first-order valence-corrected chi connectivity index (χ1v) is 14.3. The molecule has 0 bridgehead atoms. The zero-order valence-corrected chi connectivity index (χ0v) is 22.6. The molecule has 0 saturated carbocycles. The molecule has 5 aromatic rings. The van der Waals surface area contributed by atoms with E-state index in [1.807, 2.05) is 103 Å². The van der Waals surface area contributed by atoms with Gasteiger partial charge in [-0.3, -0.25) is 0 Å². The van der Waals surface area contributed by atoms with Gasteiger partial charge >= 0.3 is 11.9 Å². The lowest BCUT2D eigenvalue weighted by molar-refractivity contribution is -0.0484. The molecule has 1 fully saturated rings. The Morgan fingerprint density at radius 1 is 0.675 bits per heavy atom. The third-order valence-electron chi connectivity index (χ3n) is 7.11. The molecule has 5 aromatic carbocycles. The van der Waals surface area contributed by atoms with Crippen LogP contribution in [-0.2, 0) is 20.8 Å². The molecule has 1 aliphatic rings. The van der Waals surface area contributed by atoms with Crippen LogP contribution in [0.25, 0.3) is 21.5 Å². The van der Waals surface area contributed by atoms with Gasteiger partial charge in [0, 0.05) is 5.75 Å². The highest BCUT2D eigenvalue weighted by atomic mass is 32.2. The summed E-state index contributed by atoms with van der Waals surface area (Å²) in [5.74, 6) is -0.197. The van der Waals surface area contributed by atoms with Crippen LogP contribution in [0, 0.1) is 0 Å². The maximum absolute atomic E-state index is 13.3. The Morgan fingerprint density at radius 3 is 1.90 bits per heavy atom. The predicted molar refractivity (Wildman–Crippen MR) is 159 cm³/mol. The molecule has 0 amide bonds. The van der Waals surface area contributed by atoms with E-state index in [9.17, 15) is 9.59 Å². The highest BCUT2D eigenvalue weighted by molar-refractivity contribution is 8.00. The molecule has 0 N–H and O–H groups in total. The van der Waals surface area contributed by atoms with E-state index >= 15 is 0 Å². The van der Waals surface area contributed by atoms with Crippen LogP contribution >= 0.6 is 11.8 Å². The van der Waals surface area contributed by atoms with Crippen LogP contribution in [0.1, 0.15) is 26.3 Å². The minimum Gasteiger partial charge on any atom is -0.461 e. The Bertz CT molecular complexity index is 1650. The molecule has 6 heteroatoms. The largest absolute Gasteiger partial charge is 0.461 e. The number of thioether (sulfide) groups is 1.